The quantitative estimate of drug-likeness (QED) is 0.223. The second-order valence-corrected chi connectivity index (χ2v) is 6.74. The molecular formula is C20H33N2O8+. The third-order valence-corrected chi connectivity index (χ3v) is 4.74. The molecular weight excluding hydrogens is 396 g/mol. The van der Waals surface area contributed by atoms with Crippen molar-refractivity contribution in [3.8, 4) is 5.75 Å². The van der Waals surface area contributed by atoms with Crippen molar-refractivity contribution < 1.29 is 44.4 Å². The van der Waals surface area contributed by atoms with Crippen LogP contribution in [0.25, 0.3) is 0 Å². The Balaban J connectivity index is 0.00000218. The van der Waals surface area contributed by atoms with Crippen molar-refractivity contribution in [1.29, 1.82) is 0 Å². The SMILES string of the molecule is CC.C[NH2+]C1[C@@H](C)OC(COC(=O)c2cc(N)ccc2O)[C@@H](O)[C@H]1OC(C)C(=O)O. The predicted octanol–water partition coefficient (Wildman–Crippen LogP) is -0.274. The lowest BCUT2D eigenvalue weighted by Crippen LogP contribution is -2.94. The molecule has 6 atom stereocenters. The van der Waals surface area contributed by atoms with Crippen LogP contribution in [0.2, 0.25) is 0 Å². The highest BCUT2D eigenvalue weighted by Gasteiger charge is 2.47. The first-order valence-corrected chi connectivity index (χ1v) is 9.92. The van der Waals surface area contributed by atoms with Gasteiger partial charge in [-0.3, -0.25) is 0 Å². The van der Waals surface area contributed by atoms with Gasteiger partial charge in [-0.2, -0.15) is 0 Å². The lowest BCUT2D eigenvalue weighted by molar-refractivity contribution is -0.686. The highest BCUT2D eigenvalue weighted by molar-refractivity contribution is 5.93. The molecule has 10 heteroatoms. The van der Waals surface area contributed by atoms with E-state index in [0.29, 0.717) is 0 Å². The van der Waals surface area contributed by atoms with Crippen LogP contribution >= 0.6 is 0 Å². The molecule has 0 radical (unpaired) electrons. The third kappa shape index (κ3) is 6.30. The lowest BCUT2D eigenvalue weighted by Gasteiger charge is -2.41. The number of hydrogen-bond acceptors (Lipinski definition) is 8. The van der Waals surface area contributed by atoms with Crippen LogP contribution in [0, 0.1) is 0 Å². The fourth-order valence-electron chi connectivity index (χ4n) is 3.17. The van der Waals surface area contributed by atoms with Crippen LogP contribution in [0.3, 0.4) is 0 Å². The molecule has 30 heavy (non-hydrogen) atoms. The molecule has 0 aromatic heterocycles. The van der Waals surface area contributed by atoms with Crippen LogP contribution in [-0.2, 0) is 19.0 Å². The standard InChI is InChI=1S/C18H26N2O8.C2H6/c1-8-14(20-3)16(28-9(2)17(23)24)15(22)13(27-8)7-26-18(25)11-6-10(19)4-5-12(11)21;1-2/h4-6,8-9,13-16,20-22H,7,19H2,1-3H3,(H,23,24);1-2H3/p+1/t8-,9?,13?,14?,15-,16+;/m1./s1. The van der Waals surface area contributed by atoms with Gasteiger partial charge in [0, 0.05) is 5.69 Å². The van der Waals surface area contributed by atoms with Gasteiger partial charge in [-0.25, -0.2) is 9.59 Å². The van der Waals surface area contributed by atoms with E-state index in [9.17, 15) is 19.8 Å². The van der Waals surface area contributed by atoms with Crippen LogP contribution in [0.4, 0.5) is 5.69 Å². The first kappa shape index (κ1) is 25.6. The Kier molecular flexibility index (Phi) is 10.00. The number of likely N-dealkylation sites (N-methyl/N-ethyl adjacent to an activating group) is 1. The molecule has 1 fully saturated rings. The van der Waals surface area contributed by atoms with E-state index in [1.807, 2.05) is 13.8 Å². The minimum Gasteiger partial charge on any atom is -0.507 e. The number of hydrogen-bond donors (Lipinski definition) is 5. The van der Waals surface area contributed by atoms with Gasteiger partial charge in [0.1, 0.15) is 48.4 Å². The van der Waals surface area contributed by atoms with Crippen molar-refractivity contribution in [2.45, 2.75) is 64.3 Å². The Bertz CT molecular complexity index is 714. The van der Waals surface area contributed by atoms with Gasteiger partial charge >= 0.3 is 11.9 Å². The number of nitrogen functional groups attached to an aromatic ring is 1. The highest BCUT2D eigenvalue weighted by Crippen LogP contribution is 2.25. The molecule has 1 aromatic carbocycles. The number of carboxylic acids is 1. The number of carbonyl (C=O) groups is 2. The first-order valence-electron chi connectivity index (χ1n) is 9.92. The smallest absolute Gasteiger partial charge is 0.342 e. The summed E-state index contributed by atoms with van der Waals surface area (Å²) in [6.07, 6.45) is -4.51. The molecule has 0 bridgehead atoms. The number of carboxylic acid groups (broad SMARTS) is 1. The van der Waals surface area contributed by atoms with Gasteiger partial charge in [0.2, 0.25) is 0 Å². The van der Waals surface area contributed by atoms with Crippen LogP contribution in [0.1, 0.15) is 38.1 Å². The first-order chi connectivity index (χ1) is 14.1. The number of benzene rings is 1. The molecule has 1 saturated heterocycles. The number of nitrogens with two attached hydrogens (primary N) is 2. The Morgan fingerprint density at radius 1 is 1.33 bits per heavy atom. The summed E-state index contributed by atoms with van der Waals surface area (Å²) in [7, 11) is 1.77. The van der Waals surface area contributed by atoms with Gasteiger partial charge in [0.15, 0.2) is 6.10 Å². The number of ether oxygens (including phenoxy) is 3. The van der Waals surface area contributed by atoms with Gasteiger partial charge in [-0.1, -0.05) is 13.8 Å². The normalized spacial score (nSPS) is 26.8. The highest BCUT2D eigenvalue weighted by atomic mass is 16.6. The van der Waals surface area contributed by atoms with E-state index in [4.69, 9.17) is 25.1 Å². The van der Waals surface area contributed by atoms with Crippen LogP contribution in [-0.4, -0.2) is 77.5 Å². The van der Waals surface area contributed by atoms with Gasteiger partial charge in [0.05, 0.1) is 7.05 Å². The fourth-order valence-corrected chi connectivity index (χ4v) is 3.17. The lowest BCUT2D eigenvalue weighted by atomic mass is 9.93. The molecule has 170 valence electrons. The molecule has 0 aliphatic carbocycles. The number of carbonyl (C=O) groups excluding carboxylic acids is 1. The number of aliphatic hydroxyl groups is 1. The summed E-state index contributed by atoms with van der Waals surface area (Å²) in [5.74, 6) is -2.26. The number of phenolic OH excluding ortho intramolecular Hbond substituents is 1. The van der Waals surface area contributed by atoms with Gasteiger partial charge < -0.3 is 40.6 Å². The number of anilines is 1. The van der Waals surface area contributed by atoms with Crippen molar-refractivity contribution in [3.05, 3.63) is 23.8 Å². The molecule has 10 nitrogen and oxygen atoms in total. The molecule has 0 amide bonds. The maximum absolute atomic E-state index is 12.2. The van der Waals surface area contributed by atoms with Crippen LogP contribution < -0.4 is 11.1 Å². The van der Waals surface area contributed by atoms with Crippen LogP contribution in [0.15, 0.2) is 18.2 Å². The predicted molar refractivity (Wildman–Crippen MR) is 108 cm³/mol. The molecule has 1 aliphatic heterocycles. The summed E-state index contributed by atoms with van der Waals surface area (Å²) in [4.78, 5) is 23.3. The molecule has 1 heterocycles. The Morgan fingerprint density at radius 3 is 2.53 bits per heavy atom. The third-order valence-electron chi connectivity index (χ3n) is 4.74. The fraction of sp³-hybridized carbons (Fsp3) is 0.600. The Morgan fingerprint density at radius 2 is 1.97 bits per heavy atom. The van der Waals surface area contributed by atoms with Crippen molar-refractivity contribution >= 4 is 17.6 Å². The molecule has 1 aromatic rings. The van der Waals surface area contributed by atoms with Crippen molar-refractivity contribution in [3.63, 3.8) is 0 Å². The molecule has 3 unspecified atom stereocenters. The largest absolute Gasteiger partial charge is 0.507 e. The van der Waals surface area contributed by atoms with Crippen molar-refractivity contribution in [2.75, 3.05) is 19.4 Å². The summed E-state index contributed by atoms with van der Waals surface area (Å²) < 4.78 is 16.4. The summed E-state index contributed by atoms with van der Waals surface area (Å²) in [5, 5.41) is 31.3. The van der Waals surface area contributed by atoms with E-state index < -0.39 is 42.5 Å². The minimum atomic E-state index is -1.22. The zero-order chi connectivity index (χ0) is 23.0. The number of aliphatic carboxylic acids is 1. The average molecular weight is 429 g/mol. The topological polar surface area (TPSA) is 165 Å². The number of quaternary nitrogens is 1. The number of esters is 1. The second kappa shape index (κ2) is 11.7. The number of rotatable bonds is 7. The molecule has 0 saturated carbocycles. The monoisotopic (exact) mass is 429 g/mol. The van der Waals surface area contributed by atoms with Gasteiger partial charge in [-0.05, 0) is 32.0 Å². The zero-order valence-electron chi connectivity index (χ0n) is 17.9. The number of phenols is 1. The molecule has 2 rings (SSSR count). The van der Waals surface area contributed by atoms with E-state index in [-0.39, 0.29) is 29.6 Å². The maximum atomic E-state index is 12.2. The Hall–Kier alpha value is -2.40. The Labute approximate surface area is 175 Å². The van der Waals surface area contributed by atoms with Gasteiger partial charge in [0.25, 0.3) is 0 Å². The molecule has 1 aliphatic rings. The van der Waals surface area contributed by atoms with E-state index >= 15 is 0 Å². The van der Waals surface area contributed by atoms with Gasteiger partial charge in [-0.15, -0.1) is 0 Å². The zero-order valence-corrected chi connectivity index (χ0v) is 17.9. The summed E-state index contributed by atoms with van der Waals surface area (Å²) in [5.41, 5.74) is 5.79. The molecule has 0 spiro atoms. The van der Waals surface area contributed by atoms with Crippen molar-refractivity contribution in [2.24, 2.45) is 0 Å². The maximum Gasteiger partial charge on any atom is 0.342 e. The number of aliphatic hydroxyl groups excluding tert-OH is 1. The average Bonchev–Trinajstić information content (AvgIpc) is 2.72. The summed E-state index contributed by atoms with van der Waals surface area (Å²) >= 11 is 0. The van der Waals surface area contributed by atoms with E-state index in [0.717, 1.165) is 0 Å². The van der Waals surface area contributed by atoms with E-state index in [1.165, 1.54) is 25.1 Å². The summed E-state index contributed by atoms with van der Waals surface area (Å²) in [6.45, 7) is 6.83. The second-order valence-electron chi connectivity index (χ2n) is 6.74. The van der Waals surface area contributed by atoms with Crippen molar-refractivity contribution in [1.82, 2.24) is 0 Å². The minimum absolute atomic E-state index is 0.106. The number of aromatic hydroxyl groups is 1. The van der Waals surface area contributed by atoms with E-state index in [1.54, 1.807) is 19.3 Å². The van der Waals surface area contributed by atoms with E-state index in [2.05, 4.69) is 0 Å². The molecule has 7 N–H and O–H groups in total. The van der Waals surface area contributed by atoms with Crippen LogP contribution in [0.5, 0.6) is 5.75 Å². The summed E-state index contributed by atoms with van der Waals surface area (Å²) in [6, 6.07) is 3.65.